The molecule has 2 aromatic carbocycles. The van der Waals surface area contributed by atoms with E-state index >= 15 is 0 Å². The van der Waals surface area contributed by atoms with Gasteiger partial charge in [-0.3, -0.25) is 9.78 Å². The fraction of sp³-hybridized carbons (Fsp3) is 0. The average Bonchev–Trinajstić information content (AvgIpc) is 3.18. The number of pyridine rings is 1. The summed E-state index contributed by atoms with van der Waals surface area (Å²) in [5, 5.41) is 5.30. The lowest BCUT2D eigenvalue weighted by atomic mass is 10.1. The first-order valence-electron chi connectivity index (χ1n) is 8.84. The van der Waals surface area contributed by atoms with Crippen LogP contribution in [0.3, 0.4) is 0 Å². The van der Waals surface area contributed by atoms with E-state index in [4.69, 9.17) is 11.6 Å². The number of carbonyl (C=O) groups is 1. The summed E-state index contributed by atoms with van der Waals surface area (Å²) in [7, 11) is 0. The van der Waals surface area contributed by atoms with Crippen molar-refractivity contribution < 1.29 is 9.18 Å². The van der Waals surface area contributed by atoms with E-state index in [0.717, 1.165) is 16.8 Å². The first kappa shape index (κ1) is 18.8. The van der Waals surface area contributed by atoms with Gasteiger partial charge in [0.1, 0.15) is 11.5 Å². The van der Waals surface area contributed by atoms with Crippen molar-refractivity contribution >= 4 is 23.5 Å². The number of hydrogen-bond donors (Lipinski definition) is 0. The van der Waals surface area contributed by atoms with Gasteiger partial charge in [0.2, 0.25) is 0 Å². The number of benzene rings is 2. The van der Waals surface area contributed by atoms with Gasteiger partial charge in [0.25, 0.3) is 0 Å². The standard InChI is InChI=1S/C23H15ClFN3O/c24-19-6-10-21(11-7-19)28-15-18(23(27-28)17-2-1-13-26-14-17)5-12-22(29)16-3-8-20(25)9-4-16/h1-15H. The molecule has 0 N–H and O–H groups in total. The molecule has 6 heteroatoms. The molecule has 2 aromatic heterocycles. The van der Waals surface area contributed by atoms with Crippen LogP contribution in [-0.2, 0) is 0 Å². The zero-order valence-electron chi connectivity index (χ0n) is 15.2. The van der Waals surface area contributed by atoms with Gasteiger partial charge in [-0.15, -0.1) is 0 Å². The zero-order chi connectivity index (χ0) is 20.2. The summed E-state index contributed by atoms with van der Waals surface area (Å²) in [6.07, 6.45) is 8.39. The molecule has 0 aliphatic heterocycles. The predicted octanol–water partition coefficient (Wildman–Crippen LogP) is 5.62. The lowest BCUT2D eigenvalue weighted by Crippen LogP contribution is -1.94. The van der Waals surface area contributed by atoms with Crippen LogP contribution >= 0.6 is 11.6 Å². The lowest BCUT2D eigenvalue weighted by molar-refractivity contribution is 0.104. The third-order valence-electron chi connectivity index (χ3n) is 4.31. The second kappa shape index (κ2) is 8.20. The van der Waals surface area contributed by atoms with E-state index in [-0.39, 0.29) is 11.6 Å². The Kier molecular flexibility index (Phi) is 5.31. The summed E-state index contributed by atoms with van der Waals surface area (Å²) in [6, 6.07) is 16.5. The van der Waals surface area contributed by atoms with E-state index < -0.39 is 0 Å². The molecule has 0 fully saturated rings. The molecule has 0 amide bonds. The minimum absolute atomic E-state index is 0.221. The molecule has 0 bridgehead atoms. The van der Waals surface area contributed by atoms with E-state index in [1.165, 1.54) is 30.3 Å². The smallest absolute Gasteiger partial charge is 0.185 e. The van der Waals surface area contributed by atoms with Gasteiger partial charge >= 0.3 is 0 Å². The molecule has 0 saturated carbocycles. The average molecular weight is 404 g/mol. The van der Waals surface area contributed by atoms with Crippen LogP contribution in [-0.4, -0.2) is 20.5 Å². The van der Waals surface area contributed by atoms with Crippen molar-refractivity contribution in [1.82, 2.24) is 14.8 Å². The van der Waals surface area contributed by atoms with Gasteiger partial charge in [-0.05, 0) is 72.8 Å². The second-order valence-electron chi connectivity index (χ2n) is 6.30. The highest BCUT2D eigenvalue weighted by Crippen LogP contribution is 2.25. The summed E-state index contributed by atoms with van der Waals surface area (Å²) in [6.45, 7) is 0. The van der Waals surface area contributed by atoms with Crippen molar-refractivity contribution in [2.45, 2.75) is 0 Å². The highest BCUT2D eigenvalue weighted by atomic mass is 35.5. The highest BCUT2D eigenvalue weighted by molar-refractivity contribution is 6.30. The number of carbonyl (C=O) groups excluding carboxylic acids is 1. The van der Waals surface area contributed by atoms with Crippen molar-refractivity contribution in [3.05, 3.63) is 107 Å². The second-order valence-corrected chi connectivity index (χ2v) is 6.74. The molecule has 2 heterocycles. The molecule has 4 aromatic rings. The van der Waals surface area contributed by atoms with E-state index in [1.807, 2.05) is 30.5 Å². The number of nitrogens with zero attached hydrogens (tertiary/aromatic N) is 3. The summed E-state index contributed by atoms with van der Waals surface area (Å²) in [5.41, 5.74) is 3.52. The molecule has 4 rings (SSSR count). The third kappa shape index (κ3) is 4.31. The van der Waals surface area contributed by atoms with Gasteiger partial charge in [0.05, 0.1) is 5.69 Å². The molecule has 0 aliphatic rings. The Morgan fingerprint density at radius 2 is 1.79 bits per heavy atom. The monoisotopic (exact) mass is 403 g/mol. The van der Waals surface area contributed by atoms with Gasteiger partial charge in [-0.1, -0.05) is 11.6 Å². The summed E-state index contributed by atoms with van der Waals surface area (Å²) in [5.74, 6) is -0.602. The maximum Gasteiger partial charge on any atom is 0.185 e. The van der Waals surface area contributed by atoms with Crippen LogP contribution in [0.4, 0.5) is 4.39 Å². The molecule has 0 aliphatic carbocycles. The minimum Gasteiger partial charge on any atom is -0.289 e. The normalized spacial score (nSPS) is 11.1. The van der Waals surface area contributed by atoms with E-state index in [2.05, 4.69) is 10.1 Å². The van der Waals surface area contributed by atoms with Crippen molar-refractivity contribution in [2.24, 2.45) is 0 Å². The van der Waals surface area contributed by atoms with Crippen LogP contribution in [0, 0.1) is 5.82 Å². The predicted molar refractivity (Wildman–Crippen MR) is 112 cm³/mol. The number of halogens is 2. The molecule has 4 nitrogen and oxygen atoms in total. The molecular weight excluding hydrogens is 389 g/mol. The fourth-order valence-corrected chi connectivity index (χ4v) is 2.96. The van der Waals surface area contributed by atoms with Gasteiger partial charge in [0, 0.05) is 40.3 Å². The largest absolute Gasteiger partial charge is 0.289 e. The van der Waals surface area contributed by atoms with Crippen LogP contribution in [0.5, 0.6) is 0 Å². The zero-order valence-corrected chi connectivity index (χ0v) is 15.9. The fourth-order valence-electron chi connectivity index (χ4n) is 2.84. The maximum absolute atomic E-state index is 13.1. The highest BCUT2D eigenvalue weighted by Gasteiger charge is 2.11. The number of allylic oxidation sites excluding steroid dienone is 1. The maximum atomic E-state index is 13.1. The summed E-state index contributed by atoms with van der Waals surface area (Å²) < 4.78 is 14.8. The molecular formula is C23H15ClFN3O. The Labute approximate surface area is 171 Å². The number of ketones is 1. The number of rotatable bonds is 5. The number of aromatic nitrogens is 3. The Morgan fingerprint density at radius 1 is 1.03 bits per heavy atom. The van der Waals surface area contributed by atoms with Gasteiger partial charge < -0.3 is 0 Å². The molecule has 0 atom stereocenters. The van der Waals surface area contributed by atoms with Crippen LogP contribution in [0.1, 0.15) is 15.9 Å². The van der Waals surface area contributed by atoms with Crippen molar-refractivity contribution in [3.8, 4) is 16.9 Å². The third-order valence-corrected chi connectivity index (χ3v) is 4.56. The molecule has 0 unspecified atom stereocenters. The van der Waals surface area contributed by atoms with E-state index in [9.17, 15) is 9.18 Å². The Bertz CT molecular complexity index is 1170. The Balaban J connectivity index is 1.71. The van der Waals surface area contributed by atoms with Crippen molar-refractivity contribution in [3.63, 3.8) is 0 Å². The van der Waals surface area contributed by atoms with Crippen molar-refractivity contribution in [1.29, 1.82) is 0 Å². The molecule has 0 saturated heterocycles. The topological polar surface area (TPSA) is 47.8 Å². The van der Waals surface area contributed by atoms with Gasteiger partial charge in [-0.2, -0.15) is 5.10 Å². The molecule has 142 valence electrons. The summed E-state index contributed by atoms with van der Waals surface area (Å²) >= 11 is 5.97. The van der Waals surface area contributed by atoms with Crippen LogP contribution in [0.25, 0.3) is 23.0 Å². The summed E-state index contributed by atoms with van der Waals surface area (Å²) in [4.78, 5) is 16.6. The molecule has 0 radical (unpaired) electrons. The minimum atomic E-state index is -0.381. The molecule has 29 heavy (non-hydrogen) atoms. The van der Waals surface area contributed by atoms with Crippen molar-refractivity contribution in [2.75, 3.05) is 0 Å². The number of hydrogen-bond acceptors (Lipinski definition) is 3. The SMILES string of the molecule is O=C(C=Cc1cn(-c2ccc(Cl)cc2)nc1-c1cccnc1)c1ccc(F)cc1. The van der Waals surface area contributed by atoms with E-state index in [0.29, 0.717) is 16.3 Å². The Hall–Kier alpha value is -3.57. The van der Waals surface area contributed by atoms with Crippen LogP contribution < -0.4 is 0 Å². The quantitative estimate of drug-likeness (QED) is 0.321. The van der Waals surface area contributed by atoms with E-state index in [1.54, 1.807) is 35.3 Å². The van der Waals surface area contributed by atoms with Crippen LogP contribution in [0.15, 0.2) is 85.3 Å². The van der Waals surface area contributed by atoms with Gasteiger partial charge in [-0.25, -0.2) is 9.07 Å². The first-order chi connectivity index (χ1) is 14.1. The Morgan fingerprint density at radius 3 is 2.48 bits per heavy atom. The molecule has 0 spiro atoms. The van der Waals surface area contributed by atoms with Gasteiger partial charge in [0.15, 0.2) is 5.78 Å². The lowest BCUT2D eigenvalue weighted by Gasteiger charge is -2.00. The van der Waals surface area contributed by atoms with Crippen LogP contribution in [0.2, 0.25) is 5.02 Å². The first-order valence-corrected chi connectivity index (χ1v) is 9.22.